The summed E-state index contributed by atoms with van der Waals surface area (Å²) in [5, 5.41) is 6.12. The summed E-state index contributed by atoms with van der Waals surface area (Å²) in [6, 6.07) is 16.6. The minimum atomic E-state index is -0.139. The molecule has 8 nitrogen and oxygen atoms in total. The number of nitrogens with zero attached hydrogens (tertiary/aromatic N) is 2. The van der Waals surface area contributed by atoms with Crippen LogP contribution in [0.2, 0.25) is 0 Å². The van der Waals surface area contributed by atoms with E-state index >= 15 is 0 Å². The molecular weight excluding hydrogens is 444 g/mol. The normalized spacial score (nSPS) is 13.7. The van der Waals surface area contributed by atoms with E-state index in [4.69, 9.17) is 9.47 Å². The van der Waals surface area contributed by atoms with E-state index in [0.717, 1.165) is 37.2 Å². The van der Waals surface area contributed by atoms with Gasteiger partial charge in [-0.15, -0.1) is 0 Å². The van der Waals surface area contributed by atoms with Crippen molar-refractivity contribution in [2.75, 3.05) is 32.2 Å². The molecule has 3 aromatic rings. The van der Waals surface area contributed by atoms with Crippen LogP contribution in [0, 0.1) is 0 Å². The quantitative estimate of drug-likeness (QED) is 0.520. The van der Waals surface area contributed by atoms with Gasteiger partial charge in [0, 0.05) is 49.3 Å². The molecule has 0 radical (unpaired) electrons. The molecule has 182 valence electrons. The lowest BCUT2D eigenvalue weighted by Gasteiger charge is -2.35. The number of para-hydroxylation sites is 1. The fourth-order valence-corrected chi connectivity index (χ4v) is 4.23. The lowest BCUT2D eigenvalue weighted by atomic mass is 10.0. The second kappa shape index (κ2) is 11.4. The van der Waals surface area contributed by atoms with Gasteiger partial charge in [-0.05, 0) is 60.9 Å². The van der Waals surface area contributed by atoms with Crippen molar-refractivity contribution in [3.05, 3.63) is 83.7 Å². The molecule has 0 spiro atoms. The van der Waals surface area contributed by atoms with Crippen molar-refractivity contribution in [2.45, 2.75) is 25.4 Å². The number of ether oxygens (including phenoxy) is 2. The third-order valence-corrected chi connectivity index (χ3v) is 6.17. The molecule has 1 aliphatic heterocycles. The standard InChI is InChI=1S/C27H30N4O4/c1-34-24-8-7-20(17-25(24)35-2)26(32)30-21-11-15-31(16-12-21)23-6-4-3-5-22(23)27(33)29-18-19-9-13-28-14-10-19/h3-10,13-14,17,21H,11-12,15-16,18H2,1-2H3,(H,29,33)(H,30,32). The van der Waals surface area contributed by atoms with E-state index in [1.807, 2.05) is 36.4 Å². The molecule has 0 atom stereocenters. The Morgan fingerprint density at radius 2 is 1.66 bits per heavy atom. The van der Waals surface area contributed by atoms with Crippen LogP contribution >= 0.6 is 0 Å². The monoisotopic (exact) mass is 474 g/mol. The Kier molecular flexibility index (Phi) is 7.82. The lowest BCUT2D eigenvalue weighted by molar-refractivity contribution is 0.0929. The number of nitrogens with one attached hydrogen (secondary N) is 2. The molecule has 1 fully saturated rings. The summed E-state index contributed by atoms with van der Waals surface area (Å²) in [6.07, 6.45) is 4.99. The van der Waals surface area contributed by atoms with Gasteiger partial charge in [0.25, 0.3) is 11.8 Å². The number of anilines is 1. The molecule has 8 heteroatoms. The third-order valence-electron chi connectivity index (χ3n) is 6.17. The number of piperidine rings is 1. The van der Waals surface area contributed by atoms with Crippen molar-refractivity contribution < 1.29 is 19.1 Å². The Hall–Kier alpha value is -4.07. The first-order valence-corrected chi connectivity index (χ1v) is 11.6. The number of hydrogen-bond acceptors (Lipinski definition) is 6. The summed E-state index contributed by atoms with van der Waals surface area (Å²) < 4.78 is 10.6. The minimum Gasteiger partial charge on any atom is -0.493 e. The smallest absolute Gasteiger partial charge is 0.253 e. The summed E-state index contributed by atoms with van der Waals surface area (Å²) >= 11 is 0. The fourth-order valence-electron chi connectivity index (χ4n) is 4.23. The second-order valence-electron chi connectivity index (χ2n) is 8.36. The number of carbonyl (C=O) groups excluding carboxylic acids is 2. The molecule has 0 bridgehead atoms. The molecule has 2 N–H and O–H groups in total. The first-order chi connectivity index (χ1) is 17.1. The predicted molar refractivity (Wildman–Crippen MR) is 134 cm³/mol. The highest BCUT2D eigenvalue weighted by Crippen LogP contribution is 2.28. The number of carbonyl (C=O) groups is 2. The third kappa shape index (κ3) is 5.90. The minimum absolute atomic E-state index is 0.0551. The van der Waals surface area contributed by atoms with Crippen LogP contribution in [-0.2, 0) is 6.54 Å². The van der Waals surface area contributed by atoms with E-state index in [0.29, 0.717) is 29.2 Å². The van der Waals surface area contributed by atoms with Crippen molar-refractivity contribution in [1.82, 2.24) is 15.6 Å². The average Bonchev–Trinajstić information content (AvgIpc) is 2.92. The number of benzene rings is 2. The predicted octanol–water partition coefficient (Wildman–Crippen LogP) is 3.43. The van der Waals surface area contributed by atoms with E-state index in [-0.39, 0.29) is 17.9 Å². The highest BCUT2D eigenvalue weighted by Gasteiger charge is 2.24. The zero-order valence-electron chi connectivity index (χ0n) is 20.0. The highest BCUT2D eigenvalue weighted by atomic mass is 16.5. The van der Waals surface area contributed by atoms with E-state index in [1.54, 1.807) is 44.8 Å². The first kappa shape index (κ1) is 24.1. The fraction of sp³-hybridized carbons (Fsp3) is 0.296. The first-order valence-electron chi connectivity index (χ1n) is 11.6. The molecule has 1 aliphatic rings. The second-order valence-corrected chi connectivity index (χ2v) is 8.36. The van der Waals surface area contributed by atoms with Gasteiger partial charge in [-0.25, -0.2) is 0 Å². The van der Waals surface area contributed by atoms with Crippen LogP contribution in [0.1, 0.15) is 39.1 Å². The molecule has 0 unspecified atom stereocenters. The van der Waals surface area contributed by atoms with Crippen molar-refractivity contribution >= 4 is 17.5 Å². The van der Waals surface area contributed by atoms with E-state index < -0.39 is 0 Å². The van der Waals surface area contributed by atoms with Gasteiger partial charge in [0.15, 0.2) is 11.5 Å². The topological polar surface area (TPSA) is 92.8 Å². The molecule has 35 heavy (non-hydrogen) atoms. The summed E-state index contributed by atoms with van der Waals surface area (Å²) in [4.78, 5) is 31.9. The van der Waals surface area contributed by atoms with Gasteiger partial charge in [-0.2, -0.15) is 0 Å². The van der Waals surface area contributed by atoms with Gasteiger partial charge in [0.05, 0.1) is 19.8 Å². The van der Waals surface area contributed by atoms with Crippen molar-refractivity contribution in [1.29, 1.82) is 0 Å². The van der Waals surface area contributed by atoms with Gasteiger partial charge in [-0.1, -0.05) is 12.1 Å². The Labute approximate surface area is 205 Å². The summed E-state index contributed by atoms with van der Waals surface area (Å²) in [5.74, 6) is 0.858. The van der Waals surface area contributed by atoms with Crippen LogP contribution < -0.4 is 25.0 Å². The van der Waals surface area contributed by atoms with E-state index in [2.05, 4.69) is 20.5 Å². The molecule has 1 aromatic heterocycles. The average molecular weight is 475 g/mol. The number of hydrogen-bond donors (Lipinski definition) is 2. The summed E-state index contributed by atoms with van der Waals surface area (Å²) in [5.41, 5.74) is 3.08. The van der Waals surface area contributed by atoms with E-state index in [1.165, 1.54) is 0 Å². The zero-order chi connectivity index (χ0) is 24.6. The van der Waals surface area contributed by atoms with Crippen LogP contribution in [-0.4, -0.2) is 50.1 Å². The molecule has 2 aromatic carbocycles. The summed E-state index contributed by atoms with van der Waals surface area (Å²) in [6.45, 7) is 1.93. The Morgan fingerprint density at radius 3 is 2.37 bits per heavy atom. The molecule has 0 aliphatic carbocycles. The number of rotatable bonds is 8. The Balaban J connectivity index is 1.35. The number of methoxy groups -OCH3 is 2. The number of pyridine rings is 1. The van der Waals surface area contributed by atoms with E-state index in [9.17, 15) is 9.59 Å². The Bertz CT molecular complexity index is 1160. The van der Waals surface area contributed by atoms with Gasteiger partial charge in [-0.3, -0.25) is 14.6 Å². The molecule has 1 saturated heterocycles. The van der Waals surface area contributed by atoms with Crippen LogP contribution in [0.4, 0.5) is 5.69 Å². The molecule has 0 saturated carbocycles. The van der Waals surface area contributed by atoms with Crippen LogP contribution in [0.25, 0.3) is 0 Å². The zero-order valence-corrected chi connectivity index (χ0v) is 20.0. The SMILES string of the molecule is COc1ccc(C(=O)NC2CCN(c3ccccc3C(=O)NCc3ccncc3)CC2)cc1OC. The number of aromatic nitrogens is 1. The van der Waals surface area contributed by atoms with Crippen molar-refractivity contribution in [3.8, 4) is 11.5 Å². The van der Waals surface area contributed by atoms with Crippen molar-refractivity contribution in [3.63, 3.8) is 0 Å². The van der Waals surface area contributed by atoms with Gasteiger partial charge in [0.2, 0.25) is 0 Å². The molecule has 2 heterocycles. The van der Waals surface area contributed by atoms with Crippen LogP contribution in [0.5, 0.6) is 11.5 Å². The van der Waals surface area contributed by atoms with Crippen molar-refractivity contribution in [2.24, 2.45) is 0 Å². The van der Waals surface area contributed by atoms with Crippen LogP contribution in [0.3, 0.4) is 0 Å². The molecular formula is C27H30N4O4. The highest BCUT2D eigenvalue weighted by molar-refractivity contribution is 5.99. The maximum absolute atomic E-state index is 12.9. The maximum atomic E-state index is 12.9. The van der Waals surface area contributed by atoms with Gasteiger partial charge >= 0.3 is 0 Å². The van der Waals surface area contributed by atoms with Gasteiger partial charge < -0.3 is 25.0 Å². The molecule has 4 rings (SSSR count). The molecule has 2 amide bonds. The lowest BCUT2D eigenvalue weighted by Crippen LogP contribution is -2.45. The summed E-state index contributed by atoms with van der Waals surface area (Å²) in [7, 11) is 3.11. The van der Waals surface area contributed by atoms with Crippen LogP contribution in [0.15, 0.2) is 67.0 Å². The largest absolute Gasteiger partial charge is 0.493 e. The van der Waals surface area contributed by atoms with Gasteiger partial charge in [0.1, 0.15) is 0 Å². The number of amides is 2. The maximum Gasteiger partial charge on any atom is 0.253 e. The Morgan fingerprint density at radius 1 is 0.943 bits per heavy atom.